The molecule has 0 radical (unpaired) electrons. The van der Waals surface area contributed by atoms with Gasteiger partial charge in [0.2, 0.25) is 0 Å². The van der Waals surface area contributed by atoms with Crippen LogP contribution in [0.2, 0.25) is 0 Å². The molecule has 1 saturated carbocycles. The molecule has 1 fully saturated rings. The van der Waals surface area contributed by atoms with Crippen LogP contribution in [-0.2, 0) is 0 Å². The molecule has 0 saturated heterocycles. The molecule has 0 spiro atoms. The maximum Gasteiger partial charge on any atom is 0.358 e. The third-order valence-electron chi connectivity index (χ3n) is 3.94. The first-order valence-electron chi connectivity index (χ1n) is 6.97. The number of anilines is 1. The van der Waals surface area contributed by atoms with E-state index < -0.39 is 5.97 Å². The Balaban J connectivity index is 1.99. The van der Waals surface area contributed by atoms with Crippen LogP contribution in [0.1, 0.15) is 29.8 Å². The molecule has 3 rings (SSSR count). The van der Waals surface area contributed by atoms with Crippen molar-refractivity contribution in [3.63, 3.8) is 0 Å². The summed E-state index contributed by atoms with van der Waals surface area (Å²) in [5.74, 6) is -1.05. The second-order valence-corrected chi connectivity index (χ2v) is 6.40. The number of aromatic carboxylic acids is 1. The Morgan fingerprint density at radius 1 is 1.33 bits per heavy atom. The monoisotopic (exact) mass is 303 g/mol. The number of hydrogen-bond donors (Lipinski definition) is 2. The van der Waals surface area contributed by atoms with Gasteiger partial charge in [-0.2, -0.15) is 11.8 Å². The minimum Gasteiger partial charge on any atom is -0.476 e. The maximum atomic E-state index is 11.4. The molecular weight excluding hydrogens is 286 g/mol. The summed E-state index contributed by atoms with van der Waals surface area (Å²) in [4.78, 5) is 11.4. The van der Waals surface area contributed by atoms with Crippen molar-refractivity contribution in [1.29, 1.82) is 0 Å². The molecule has 1 heterocycles. The van der Waals surface area contributed by atoms with Gasteiger partial charge < -0.3 is 10.4 Å². The third kappa shape index (κ3) is 2.81. The lowest BCUT2D eigenvalue weighted by Gasteiger charge is -2.17. The van der Waals surface area contributed by atoms with Crippen molar-refractivity contribution in [1.82, 2.24) is 10.2 Å². The topological polar surface area (TPSA) is 75.1 Å². The van der Waals surface area contributed by atoms with E-state index in [-0.39, 0.29) is 5.69 Å². The number of carboxylic acids is 1. The molecule has 1 aliphatic carbocycles. The Labute approximate surface area is 127 Å². The molecule has 2 atom stereocenters. The SMILES string of the molecule is CSC1CCC(Nc2c(C(=O)O)nnc3ccccc23)C1. The second-order valence-electron chi connectivity index (χ2n) is 5.26. The van der Waals surface area contributed by atoms with Gasteiger partial charge in [-0.15, -0.1) is 10.2 Å². The highest BCUT2D eigenvalue weighted by Crippen LogP contribution is 2.32. The van der Waals surface area contributed by atoms with Crippen molar-refractivity contribution in [2.24, 2.45) is 0 Å². The smallest absolute Gasteiger partial charge is 0.358 e. The van der Waals surface area contributed by atoms with E-state index in [0.29, 0.717) is 22.5 Å². The van der Waals surface area contributed by atoms with E-state index in [9.17, 15) is 9.90 Å². The second kappa shape index (κ2) is 5.89. The fourth-order valence-corrected chi connectivity index (χ4v) is 3.64. The fourth-order valence-electron chi connectivity index (χ4n) is 2.84. The molecule has 2 unspecified atom stereocenters. The van der Waals surface area contributed by atoms with Crippen LogP contribution in [0.5, 0.6) is 0 Å². The van der Waals surface area contributed by atoms with Crippen LogP contribution in [0.15, 0.2) is 24.3 Å². The number of hydrogen-bond acceptors (Lipinski definition) is 5. The molecule has 0 bridgehead atoms. The molecule has 5 nitrogen and oxygen atoms in total. The molecule has 2 N–H and O–H groups in total. The van der Waals surface area contributed by atoms with Crippen LogP contribution < -0.4 is 5.32 Å². The first-order valence-corrected chi connectivity index (χ1v) is 8.26. The van der Waals surface area contributed by atoms with E-state index in [2.05, 4.69) is 21.8 Å². The van der Waals surface area contributed by atoms with Crippen molar-refractivity contribution in [3.05, 3.63) is 30.0 Å². The number of nitrogens with zero attached hydrogens (tertiary/aromatic N) is 2. The number of aromatic nitrogens is 2. The minimum atomic E-state index is -1.05. The Kier molecular flexibility index (Phi) is 3.96. The zero-order valence-corrected chi connectivity index (χ0v) is 12.6. The van der Waals surface area contributed by atoms with Gasteiger partial charge in [0.15, 0.2) is 5.69 Å². The number of benzene rings is 1. The van der Waals surface area contributed by atoms with Gasteiger partial charge in [-0.1, -0.05) is 18.2 Å². The van der Waals surface area contributed by atoms with Crippen molar-refractivity contribution < 1.29 is 9.90 Å². The van der Waals surface area contributed by atoms with Crippen LogP contribution in [0.25, 0.3) is 10.9 Å². The van der Waals surface area contributed by atoms with Gasteiger partial charge in [0, 0.05) is 16.7 Å². The molecule has 2 aromatic rings. The van der Waals surface area contributed by atoms with Crippen molar-refractivity contribution >= 4 is 34.3 Å². The van der Waals surface area contributed by atoms with E-state index in [4.69, 9.17) is 0 Å². The number of carbonyl (C=O) groups is 1. The van der Waals surface area contributed by atoms with E-state index in [1.165, 1.54) is 0 Å². The largest absolute Gasteiger partial charge is 0.476 e. The molecule has 110 valence electrons. The first kappa shape index (κ1) is 14.1. The predicted molar refractivity (Wildman–Crippen MR) is 85.1 cm³/mol. The number of fused-ring (bicyclic) bond motifs is 1. The summed E-state index contributed by atoms with van der Waals surface area (Å²) in [6.45, 7) is 0. The average Bonchev–Trinajstić information content (AvgIpc) is 2.95. The van der Waals surface area contributed by atoms with Gasteiger partial charge in [-0.3, -0.25) is 0 Å². The standard InChI is InChI=1S/C15H17N3O2S/c1-21-10-7-6-9(8-10)16-13-11-4-2-3-5-12(11)17-18-14(13)15(19)20/h2-5,9-10H,6-8H2,1H3,(H,16,17)(H,19,20). The van der Waals surface area contributed by atoms with Crippen LogP contribution in [0.4, 0.5) is 5.69 Å². The van der Waals surface area contributed by atoms with E-state index in [1.54, 1.807) is 0 Å². The number of nitrogens with one attached hydrogen (secondary N) is 1. The summed E-state index contributed by atoms with van der Waals surface area (Å²) >= 11 is 1.88. The first-order chi connectivity index (χ1) is 10.2. The highest BCUT2D eigenvalue weighted by atomic mass is 32.2. The summed E-state index contributed by atoms with van der Waals surface area (Å²) in [5, 5.41) is 22.1. The molecule has 1 aromatic heterocycles. The van der Waals surface area contributed by atoms with Gasteiger partial charge in [0.05, 0.1) is 11.2 Å². The fraction of sp³-hybridized carbons (Fsp3) is 0.400. The normalized spacial score (nSPS) is 21.6. The quantitative estimate of drug-likeness (QED) is 0.904. The van der Waals surface area contributed by atoms with Gasteiger partial charge in [0.25, 0.3) is 0 Å². The highest BCUT2D eigenvalue weighted by molar-refractivity contribution is 7.99. The molecule has 0 amide bonds. The summed E-state index contributed by atoms with van der Waals surface area (Å²) in [7, 11) is 0. The number of thioether (sulfide) groups is 1. The lowest BCUT2D eigenvalue weighted by atomic mass is 10.1. The van der Waals surface area contributed by atoms with Gasteiger partial charge >= 0.3 is 5.97 Å². The van der Waals surface area contributed by atoms with Crippen LogP contribution in [-0.4, -0.2) is 38.8 Å². The number of carboxylic acid groups (broad SMARTS) is 1. The molecule has 1 aromatic carbocycles. The van der Waals surface area contributed by atoms with Crippen LogP contribution in [0.3, 0.4) is 0 Å². The molecule has 1 aliphatic rings. The van der Waals surface area contributed by atoms with Crippen molar-refractivity contribution in [3.8, 4) is 0 Å². The molecule has 0 aliphatic heterocycles. The van der Waals surface area contributed by atoms with Gasteiger partial charge in [-0.05, 0) is 31.6 Å². The Bertz CT molecular complexity index is 677. The maximum absolute atomic E-state index is 11.4. The predicted octanol–water partition coefficient (Wildman–Crippen LogP) is 3.02. The third-order valence-corrected chi connectivity index (χ3v) is 5.03. The number of rotatable bonds is 4. The minimum absolute atomic E-state index is 0.00121. The summed E-state index contributed by atoms with van der Waals surface area (Å²) in [6.07, 6.45) is 5.40. The van der Waals surface area contributed by atoms with Gasteiger partial charge in [0.1, 0.15) is 0 Å². The van der Waals surface area contributed by atoms with Crippen molar-refractivity contribution in [2.45, 2.75) is 30.6 Å². The van der Waals surface area contributed by atoms with Crippen LogP contribution in [0, 0.1) is 0 Å². The summed E-state index contributed by atoms with van der Waals surface area (Å²) in [6, 6.07) is 7.80. The Morgan fingerprint density at radius 2 is 2.14 bits per heavy atom. The molecule has 21 heavy (non-hydrogen) atoms. The summed E-state index contributed by atoms with van der Waals surface area (Å²) < 4.78 is 0. The average molecular weight is 303 g/mol. The Hall–Kier alpha value is -1.82. The lowest BCUT2D eigenvalue weighted by Crippen LogP contribution is -2.19. The van der Waals surface area contributed by atoms with E-state index in [1.807, 2.05) is 36.0 Å². The molecule has 6 heteroatoms. The van der Waals surface area contributed by atoms with E-state index >= 15 is 0 Å². The zero-order chi connectivity index (χ0) is 14.8. The lowest BCUT2D eigenvalue weighted by molar-refractivity contribution is 0.0690. The van der Waals surface area contributed by atoms with Crippen LogP contribution >= 0.6 is 11.8 Å². The highest BCUT2D eigenvalue weighted by Gasteiger charge is 2.26. The Morgan fingerprint density at radius 3 is 2.86 bits per heavy atom. The zero-order valence-electron chi connectivity index (χ0n) is 11.7. The van der Waals surface area contributed by atoms with Gasteiger partial charge in [-0.25, -0.2) is 4.79 Å². The van der Waals surface area contributed by atoms with E-state index in [0.717, 1.165) is 24.6 Å². The van der Waals surface area contributed by atoms with Crippen molar-refractivity contribution in [2.75, 3.05) is 11.6 Å². The molecular formula is C15H17N3O2S. The summed E-state index contributed by atoms with van der Waals surface area (Å²) in [5.41, 5.74) is 1.31.